The molecule has 2 amide bonds. The lowest BCUT2D eigenvalue weighted by molar-refractivity contribution is 0.235. The molecule has 0 aliphatic heterocycles. The Kier molecular flexibility index (Phi) is 5.50. The second kappa shape index (κ2) is 8.39. The predicted molar refractivity (Wildman–Crippen MR) is 115 cm³/mol. The number of rotatable bonds is 4. The number of benzene rings is 2. The number of nitrogens with zero attached hydrogens (tertiary/aromatic N) is 1. The smallest absolute Gasteiger partial charge is 0.323 e. The molecule has 4 aromatic rings. The van der Waals surface area contributed by atoms with Crippen LogP contribution >= 0.6 is 15.9 Å². The van der Waals surface area contributed by atoms with Crippen molar-refractivity contribution in [2.45, 2.75) is 0 Å². The molecule has 0 atom stereocenters. The molecule has 10 heteroatoms. The summed E-state index contributed by atoms with van der Waals surface area (Å²) in [6, 6.07) is 11.2. The molecular weight excluding hydrogens is 457 g/mol. The van der Waals surface area contributed by atoms with E-state index < -0.39 is 11.8 Å². The average molecular weight is 472 g/mol. The van der Waals surface area contributed by atoms with Crippen LogP contribution in [0.1, 0.15) is 5.56 Å². The molecule has 0 fully saturated rings. The zero-order chi connectivity index (χ0) is 21.1. The fraction of sp³-hybridized carbons (Fsp3) is 0. The first-order valence-electron chi connectivity index (χ1n) is 8.69. The van der Waals surface area contributed by atoms with Gasteiger partial charge in [-0.25, -0.2) is 14.2 Å². The first-order chi connectivity index (χ1) is 14.5. The Morgan fingerprint density at radius 1 is 1.13 bits per heavy atom. The fourth-order valence-electron chi connectivity index (χ4n) is 2.86. The number of aromatic amines is 1. The van der Waals surface area contributed by atoms with Gasteiger partial charge in [-0.1, -0.05) is 18.2 Å². The summed E-state index contributed by atoms with van der Waals surface area (Å²) < 4.78 is 18.8. The van der Waals surface area contributed by atoms with Crippen molar-refractivity contribution in [3.05, 3.63) is 77.0 Å². The van der Waals surface area contributed by atoms with Gasteiger partial charge < -0.3 is 20.0 Å². The number of fused-ring (bicyclic) bond motifs is 1. The van der Waals surface area contributed by atoms with Gasteiger partial charge in [-0.2, -0.15) is 0 Å². The van der Waals surface area contributed by atoms with Crippen LogP contribution in [-0.4, -0.2) is 22.1 Å². The standard InChI is InChI=1S/C20H15BrFN5O3/c21-14-7-11(5-6-15(14)22)24-19(27-29)13-9-30-10-18(13)26-20(28)25-17-8-23-16-4-2-1-3-12(16)17/h1-10,23,29H,(H,24,27)(H2,25,26,28). The summed E-state index contributed by atoms with van der Waals surface area (Å²) in [5.41, 5.74) is 4.42. The fourth-order valence-corrected chi connectivity index (χ4v) is 3.22. The summed E-state index contributed by atoms with van der Waals surface area (Å²) in [4.78, 5) is 19.8. The third-order valence-electron chi connectivity index (χ3n) is 4.25. The number of amidine groups is 1. The van der Waals surface area contributed by atoms with E-state index in [9.17, 15) is 14.4 Å². The number of nitrogens with one attached hydrogen (secondary N) is 4. The number of para-hydroxylation sites is 1. The van der Waals surface area contributed by atoms with Gasteiger partial charge in [0.25, 0.3) is 0 Å². The third-order valence-corrected chi connectivity index (χ3v) is 4.86. The van der Waals surface area contributed by atoms with E-state index in [4.69, 9.17) is 4.42 Å². The van der Waals surface area contributed by atoms with Crippen LogP contribution in [0, 0.1) is 5.82 Å². The van der Waals surface area contributed by atoms with Crippen molar-refractivity contribution >= 4 is 55.8 Å². The molecule has 0 bridgehead atoms. The van der Waals surface area contributed by atoms with Crippen LogP contribution in [0.2, 0.25) is 0 Å². The predicted octanol–water partition coefficient (Wildman–Crippen LogP) is 5.36. The minimum Gasteiger partial charge on any atom is -0.470 e. The summed E-state index contributed by atoms with van der Waals surface area (Å²) in [5.74, 6) is -0.434. The molecule has 0 unspecified atom stereocenters. The van der Waals surface area contributed by atoms with Crippen molar-refractivity contribution in [3.8, 4) is 0 Å². The number of halogens is 2. The van der Waals surface area contributed by atoms with Crippen LogP contribution in [0.5, 0.6) is 0 Å². The van der Waals surface area contributed by atoms with Gasteiger partial charge >= 0.3 is 6.03 Å². The van der Waals surface area contributed by atoms with Crippen LogP contribution < -0.4 is 16.1 Å². The van der Waals surface area contributed by atoms with Crippen LogP contribution in [0.4, 0.5) is 26.2 Å². The van der Waals surface area contributed by atoms with E-state index in [1.54, 1.807) is 6.20 Å². The topological polar surface area (TPSA) is 115 Å². The first-order valence-corrected chi connectivity index (χ1v) is 9.49. The van der Waals surface area contributed by atoms with Gasteiger partial charge in [0.1, 0.15) is 18.3 Å². The number of carbonyl (C=O) groups excluding carboxylic acids is 1. The number of anilines is 2. The van der Waals surface area contributed by atoms with Crippen LogP contribution in [0.25, 0.3) is 10.9 Å². The molecule has 8 nitrogen and oxygen atoms in total. The van der Waals surface area contributed by atoms with Crippen molar-refractivity contribution in [3.63, 3.8) is 0 Å². The molecule has 152 valence electrons. The SMILES string of the molecule is O=C(Nc1cocc1C(=Nc1ccc(F)c(Br)c1)NO)Nc1c[nH]c2ccccc12. The van der Waals surface area contributed by atoms with E-state index in [1.807, 2.05) is 29.7 Å². The highest BCUT2D eigenvalue weighted by Crippen LogP contribution is 2.25. The van der Waals surface area contributed by atoms with Crippen molar-refractivity contribution in [1.82, 2.24) is 10.5 Å². The number of hydroxylamine groups is 1. The number of aliphatic imine (C=N–C) groups is 1. The van der Waals surface area contributed by atoms with Crippen LogP contribution in [0.15, 0.2) is 75.1 Å². The summed E-state index contributed by atoms with van der Waals surface area (Å²) in [7, 11) is 0. The normalized spacial score (nSPS) is 11.5. The Hall–Kier alpha value is -3.63. The third kappa shape index (κ3) is 4.04. The molecule has 0 aliphatic rings. The van der Waals surface area contributed by atoms with Crippen molar-refractivity contribution < 1.29 is 18.8 Å². The van der Waals surface area contributed by atoms with Gasteiger partial charge in [0.05, 0.1) is 27.1 Å². The van der Waals surface area contributed by atoms with Gasteiger partial charge in [0, 0.05) is 17.1 Å². The maximum atomic E-state index is 13.4. The van der Waals surface area contributed by atoms with Crippen LogP contribution in [0.3, 0.4) is 0 Å². The van der Waals surface area contributed by atoms with Gasteiger partial charge in [0.2, 0.25) is 0 Å². The lowest BCUT2D eigenvalue weighted by Gasteiger charge is -2.09. The monoisotopic (exact) mass is 471 g/mol. The highest BCUT2D eigenvalue weighted by molar-refractivity contribution is 9.10. The number of carbonyl (C=O) groups is 1. The molecule has 30 heavy (non-hydrogen) atoms. The number of amides is 2. The Morgan fingerprint density at radius 3 is 2.73 bits per heavy atom. The zero-order valence-electron chi connectivity index (χ0n) is 15.2. The van der Waals surface area contributed by atoms with Gasteiger partial charge in [-0.05, 0) is 40.2 Å². The Balaban J connectivity index is 1.55. The molecule has 2 aromatic heterocycles. The summed E-state index contributed by atoms with van der Waals surface area (Å²) in [6.45, 7) is 0. The summed E-state index contributed by atoms with van der Waals surface area (Å²) in [6.07, 6.45) is 4.30. The molecule has 0 radical (unpaired) electrons. The number of aromatic nitrogens is 1. The quantitative estimate of drug-likeness (QED) is 0.156. The van der Waals surface area contributed by atoms with Crippen molar-refractivity contribution in [1.29, 1.82) is 0 Å². The van der Waals surface area contributed by atoms with E-state index in [1.165, 1.54) is 30.7 Å². The Bertz CT molecular complexity index is 1250. The van der Waals surface area contributed by atoms with E-state index in [0.717, 1.165) is 10.9 Å². The first kappa shape index (κ1) is 19.7. The Labute approximate surface area is 177 Å². The largest absolute Gasteiger partial charge is 0.470 e. The van der Waals surface area contributed by atoms with E-state index in [2.05, 4.69) is 36.5 Å². The van der Waals surface area contributed by atoms with Gasteiger partial charge in [-0.15, -0.1) is 0 Å². The molecular formula is C20H15BrFN5O3. The maximum absolute atomic E-state index is 13.4. The molecule has 2 heterocycles. The molecule has 4 rings (SSSR count). The molecule has 0 saturated carbocycles. The second-order valence-electron chi connectivity index (χ2n) is 6.20. The highest BCUT2D eigenvalue weighted by Gasteiger charge is 2.16. The summed E-state index contributed by atoms with van der Waals surface area (Å²) >= 11 is 3.09. The molecule has 0 saturated heterocycles. The van der Waals surface area contributed by atoms with Crippen molar-refractivity contribution in [2.24, 2.45) is 4.99 Å². The number of H-pyrrole nitrogens is 1. The van der Waals surface area contributed by atoms with E-state index in [0.29, 0.717) is 16.9 Å². The van der Waals surface area contributed by atoms with Crippen LogP contribution in [-0.2, 0) is 0 Å². The minimum absolute atomic E-state index is 0.00431. The number of furan rings is 1. The maximum Gasteiger partial charge on any atom is 0.323 e. The summed E-state index contributed by atoms with van der Waals surface area (Å²) in [5, 5.41) is 15.8. The van der Waals surface area contributed by atoms with Gasteiger partial charge in [0.15, 0.2) is 5.84 Å². The zero-order valence-corrected chi connectivity index (χ0v) is 16.8. The van der Waals surface area contributed by atoms with Crippen molar-refractivity contribution in [2.75, 3.05) is 10.6 Å². The number of hydrogen-bond acceptors (Lipinski definition) is 4. The molecule has 0 aliphatic carbocycles. The minimum atomic E-state index is -0.510. The Morgan fingerprint density at radius 2 is 1.93 bits per heavy atom. The second-order valence-corrected chi connectivity index (χ2v) is 7.05. The molecule has 0 spiro atoms. The number of urea groups is 1. The lowest BCUT2D eigenvalue weighted by atomic mass is 10.2. The lowest BCUT2D eigenvalue weighted by Crippen LogP contribution is -2.24. The number of hydrogen-bond donors (Lipinski definition) is 5. The highest BCUT2D eigenvalue weighted by atomic mass is 79.9. The van der Waals surface area contributed by atoms with Gasteiger partial charge in [-0.3, -0.25) is 10.7 Å². The molecule has 2 aromatic carbocycles. The molecule has 5 N–H and O–H groups in total. The van der Waals surface area contributed by atoms with E-state index >= 15 is 0 Å². The average Bonchev–Trinajstić information content (AvgIpc) is 3.36. The van der Waals surface area contributed by atoms with E-state index in [-0.39, 0.29) is 16.0 Å².